The molecule has 7 nitrogen and oxygen atoms in total. The first-order valence-electron chi connectivity index (χ1n) is 8.34. The van der Waals surface area contributed by atoms with Crippen molar-refractivity contribution in [3.05, 3.63) is 47.4 Å². The molecule has 1 aromatic carbocycles. The number of nitrogens with zero attached hydrogens (tertiary/aromatic N) is 1. The summed E-state index contributed by atoms with van der Waals surface area (Å²) in [6.07, 6.45) is 2.93. The van der Waals surface area contributed by atoms with E-state index < -0.39 is 20.0 Å². The lowest BCUT2D eigenvalue weighted by molar-refractivity contribution is 0.498. The van der Waals surface area contributed by atoms with E-state index in [0.29, 0.717) is 35.5 Å². The molecule has 142 valence electrons. The minimum Gasteiger partial charge on any atom is -0.468 e. The molecule has 0 amide bonds. The van der Waals surface area contributed by atoms with E-state index in [0.717, 1.165) is 6.42 Å². The Morgan fingerprint density at radius 1 is 1.19 bits per heavy atom. The Balaban J connectivity index is 1.91. The van der Waals surface area contributed by atoms with Gasteiger partial charge in [0.05, 0.1) is 29.1 Å². The maximum Gasteiger partial charge on any atom is 0.241 e. The molecule has 26 heavy (non-hydrogen) atoms. The summed E-state index contributed by atoms with van der Waals surface area (Å²) in [6, 6.07) is 6.54. The number of rotatable bonds is 5. The van der Waals surface area contributed by atoms with Crippen molar-refractivity contribution in [1.82, 2.24) is 4.72 Å². The molecule has 1 aromatic heterocycles. The largest absolute Gasteiger partial charge is 0.468 e. The highest BCUT2D eigenvalue weighted by Crippen LogP contribution is 2.31. The van der Waals surface area contributed by atoms with Gasteiger partial charge in [0, 0.05) is 6.54 Å². The molecular weight excluding hydrogens is 376 g/mol. The summed E-state index contributed by atoms with van der Waals surface area (Å²) in [5.74, 6) is 0.634. The monoisotopic (exact) mass is 398 g/mol. The first-order valence-corrected chi connectivity index (χ1v) is 11.4. The number of furan rings is 1. The van der Waals surface area contributed by atoms with Crippen molar-refractivity contribution in [2.24, 2.45) is 0 Å². The fraction of sp³-hybridized carbons (Fsp3) is 0.412. The van der Waals surface area contributed by atoms with Crippen molar-refractivity contribution < 1.29 is 21.3 Å². The lowest BCUT2D eigenvalue weighted by Crippen LogP contribution is -2.38. The third-order valence-electron chi connectivity index (χ3n) is 4.42. The summed E-state index contributed by atoms with van der Waals surface area (Å²) in [5, 5.41) is 0. The Bertz CT molecular complexity index is 996. The van der Waals surface area contributed by atoms with Gasteiger partial charge >= 0.3 is 0 Å². The maximum atomic E-state index is 12.6. The standard InChI is InChI=1S/C17H22N2O5S2/c1-13-11-17(26(22,23)18-12-15-6-5-8-24-15)14(2)10-16(13)19-7-3-4-9-25(19,20)21/h5-6,8,10-11,18H,3-4,7,9,12H2,1-2H3. The van der Waals surface area contributed by atoms with E-state index in [1.165, 1.54) is 16.6 Å². The van der Waals surface area contributed by atoms with E-state index in [1.54, 1.807) is 32.0 Å². The van der Waals surface area contributed by atoms with E-state index in [4.69, 9.17) is 4.42 Å². The van der Waals surface area contributed by atoms with Gasteiger partial charge in [-0.3, -0.25) is 4.31 Å². The zero-order valence-electron chi connectivity index (χ0n) is 14.7. The molecule has 0 radical (unpaired) electrons. The number of anilines is 1. The molecule has 1 fully saturated rings. The fourth-order valence-corrected chi connectivity index (χ4v) is 6.04. The molecule has 3 rings (SSSR count). The van der Waals surface area contributed by atoms with Gasteiger partial charge in [0.15, 0.2) is 0 Å². The number of aryl methyl sites for hydroxylation is 2. The fourth-order valence-electron chi connectivity index (χ4n) is 3.05. The Labute approximate surface area is 154 Å². The third kappa shape index (κ3) is 3.79. The van der Waals surface area contributed by atoms with Gasteiger partial charge in [-0.1, -0.05) is 0 Å². The van der Waals surface area contributed by atoms with E-state index in [2.05, 4.69) is 4.72 Å². The predicted octanol–water partition coefficient (Wildman–Crippen LogP) is 2.30. The Kier molecular flexibility index (Phi) is 5.14. The Morgan fingerprint density at radius 2 is 1.96 bits per heavy atom. The average molecular weight is 399 g/mol. The molecule has 1 aliphatic heterocycles. The number of benzene rings is 1. The normalized spacial score (nSPS) is 17.4. The molecular formula is C17H22N2O5S2. The van der Waals surface area contributed by atoms with E-state index in [9.17, 15) is 16.8 Å². The smallest absolute Gasteiger partial charge is 0.241 e. The second-order valence-electron chi connectivity index (χ2n) is 6.40. The van der Waals surface area contributed by atoms with Gasteiger partial charge in [0.25, 0.3) is 0 Å². The number of nitrogens with one attached hydrogen (secondary N) is 1. The molecule has 0 atom stereocenters. The van der Waals surface area contributed by atoms with Crippen molar-refractivity contribution in [3.63, 3.8) is 0 Å². The van der Waals surface area contributed by atoms with Crippen LogP contribution >= 0.6 is 0 Å². The van der Waals surface area contributed by atoms with Crippen molar-refractivity contribution in [3.8, 4) is 0 Å². The molecule has 2 heterocycles. The summed E-state index contributed by atoms with van der Waals surface area (Å²) >= 11 is 0. The first kappa shape index (κ1) is 18.9. The molecule has 0 unspecified atom stereocenters. The van der Waals surface area contributed by atoms with E-state index in [1.807, 2.05) is 0 Å². The van der Waals surface area contributed by atoms with Crippen LogP contribution in [0.15, 0.2) is 39.8 Å². The van der Waals surface area contributed by atoms with Crippen LogP contribution in [0.1, 0.15) is 29.7 Å². The molecule has 0 aliphatic carbocycles. The Hall–Kier alpha value is -1.84. The van der Waals surface area contributed by atoms with E-state index >= 15 is 0 Å². The highest BCUT2D eigenvalue weighted by Gasteiger charge is 2.28. The quantitative estimate of drug-likeness (QED) is 0.834. The van der Waals surface area contributed by atoms with Crippen molar-refractivity contribution in [2.75, 3.05) is 16.6 Å². The molecule has 0 saturated carbocycles. The minimum atomic E-state index is -3.74. The molecule has 1 saturated heterocycles. The van der Waals surface area contributed by atoms with Crippen LogP contribution in [-0.4, -0.2) is 29.1 Å². The second kappa shape index (κ2) is 7.05. The summed E-state index contributed by atoms with van der Waals surface area (Å²) in [6.45, 7) is 3.87. The van der Waals surface area contributed by atoms with Crippen molar-refractivity contribution >= 4 is 25.7 Å². The zero-order chi connectivity index (χ0) is 18.9. The van der Waals surface area contributed by atoms with Crippen LogP contribution in [-0.2, 0) is 26.6 Å². The molecule has 1 N–H and O–H groups in total. The van der Waals surface area contributed by atoms with Gasteiger partial charge in [0.1, 0.15) is 5.76 Å². The minimum absolute atomic E-state index is 0.0517. The van der Waals surface area contributed by atoms with Crippen LogP contribution in [0.3, 0.4) is 0 Å². The number of hydrogen-bond donors (Lipinski definition) is 1. The number of sulfonamides is 2. The highest BCUT2D eigenvalue weighted by molar-refractivity contribution is 7.92. The van der Waals surface area contributed by atoms with Crippen LogP contribution in [0.25, 0.3) is 0 Å². The summed E-state index contributed by atoms with van der Waals surface area (Å²) < 4.78 is 59.0. The lowest BCUT2D eigenvalue weighted by Gasteiger charge is -2.30. The van der Waals surface area contributed by atoms with Gasteiger partial charge in [-0.25, -0.2) is 21.6 Å². The molecule has 9 heteroatoms. The predicted molar refractivity (Wildman–Crippen MR) is 99.0 cm³/mol. The van der Waals surface area contributed by atoms with Crippen LogP contribution in [0.4, 0.5) is 5.69 Å². The van der Waals surface area contributed by atoms with E-state index in [-0.39, 0.29) is 17.2 Å². The van der Waals surface area contributed by atoms with Crippen LogP contribution in [0.2, 0.25) is 0 Å². The molecule has 0 spiro atoms. The van der Waals surface area contributed by atoms with Gasteiger partial charge in [-0.05, 0) is 62.1 Å². The molecule has 2 aromatic rings. The number of hydrogen-bond acceptors (Lipinski definition) is 5. The van der Waals surface area contributed by atoms with Crippen LogP contribution in [0.5, 0.6) is 0 Å². The Morgan fingerprint density at radius 3 is 2.62 bits per heavy atom. The van der Waals surface area contributed by atoms with Gasteiger partial charge in [-0.2, -0.15) is 0 Å². The topological polar surface area (TPSA) is 96.7 Å². The zero-order valence-corrected chi connectivity index (χ0v) is 16.4. The lowest BCUT2D eigenvalue weighted by atomic mass is 10.1. The summed E-state index contributed by atoms with van der Waals surface area (Å²) in [4.78, 5) is 0.139. The van der Waals surface area contributed by atoms with Crippen LogP contribution in [0, 0.1) is 13.8 Å². The maximum absolute atomic E-state index is 12.6. The third-order valence-corrected chi connectivity index (χ3v) is 7.82. The summed E-state index contributed by atoms with van der Waals surface area (Å²) in [7, 11) is -7.09. The summed E-state index contributed by atoms with van der Waals surface area (Å²) in [5.41, 5.74) is 1.66. The van der Waals surface area contributed by atoms with Crippen molar-refractivity contribution in [2.45, 2.75) is 38.1 Å². The average Bonchev–Trinajstić information content (AvgIpc) is 3.08. The highest BCUT2D eigenvalue weighted by atomic mass is 32.2. The van der Waals surface area contributed by atoms with Crippen molar-refractivity contribution in [1.29, 1.82) is 0 Å². The SMILES string of the molecule is Cc1cc(S(=O)(=O)NCc2ccco2)c(C)cc1N1CCCCS1(=O)=O. The van der Waals surface area contributed by atoms with Gasteiger partial charge in [0.2, 0.25) is 20.0 Å². The van der Waals surface area contributed by atoms with Crippen LogP contribution < -0.4 is 9.03 Å². The first-order chi connectivity index (χ1) is 12.2. The second-order valence-corrected chi connectivity index (χ2v) is 10.2. The van der Waals surface area contributed by atoms with Gasteiger partial charge in [-0.15, -0.1) is 0 Å². The molecule has 0 bridgehead atoms. The van der Waals surface area contributed by atoms with Gasteiger partial charge < -0.3 is 4.42 Å². The molecule has 1 aliphatic rings.